The molecular weight excluding hydrogens is 745 g/mol. The van der Waals surface area contributed by atoms with E-state index in [9.17, 15) is 14.4 Å². The van der Waals surface area contributed by atoms with Crippen LogP contribution in [0, 0.1) is 48.1 Å². The monoisotopic (exact) mass is 790 g/mol. The fraction of sp³-hybridized carbons (Fsp3) is 0.205. The number of hydrogen-bond donors (Lipinski definition) is 1. The molecule has 5 nitrogen and oxygen atoms in total. The second-order valence-corrected chi connectivity index (χ2v) is 23.4. The Bertz CT molecular complexity index is 1920. The Morgan fingerprint density at radius 2 is 1.17 bits per heavy atom. The molecule has 0 atom stereocenters. The molecule has 1 N–H and O–H groups in total. The van der Waals surface area contributed by atoms with Gasteiger partial charge in [0.2, 0.25) is 0 Å². The smallest absolute Gasteiger partial charge is 0.302 e. The number of ether oxygens (including phenoxy) is 1. The maximum Gasteiger partial charge on any atom is 0.302 e. The fourth-order valence-electron chi connectivity index (χ4n) is 3.22. The van der Waals surface area contributed by atoms with Crippen molar-refractivity contribution in [2.24, 2.45) is 0 Å². The van der Waals surface area contributed by atoms with Crippen LogP contribution in [-0.2, 0) is 22.7 Å². The summed E-state index contributed by atoms with van der Waals surface area (Å²) in [5.41, 5.74) is 11.7. The number of rotatable bonds is 5. The zero-order valence-electron chi connectivity index (χ0n) is 31.0. The van der Waals surface area contributed by atoms with Crippen LogP contribution in [0.4, 0.5) is 0 Å². The number of aldehydes is 2. The number of aliphatic hydroxyl groups is 1. The largest absolute Gasteiger partial charge is 0.461 e. The molecule has 0 amide bonds. The molecule has 0 aliphatic rings. The number of benzene rings is 4. The lowest BCUT2D eigenvalue weighted by Gasteiger charge is -2.03. The van der Waals surface area contributed by atoms with Crippen LogP contribution in [0.5, 0.6) is 0 Å². The predicted molar refractivity (Wildman–Crippen MR) is 224 cm³/mol. The Labute approximate surface area is 321 Å². The van der Waals surface area contributed by atoms with E-state index < -0.39 is 16.1 Å². The third-order valence-electron chi connectivity index (χ3n) is 5.83. The first-order chi connectivity index (χ1) is 24.5. The number of halogens is 1. The summed E-state index contributed by atoms with van der Waals surface area (Å²) >= 11 is 3.24. The Kier molecular flexibility index (Phi) is 23.1. The van der Waals surface area contributed by atoms with Crippen LogP contribution in [0.1, 0.15) is 55.5 Å². The number of hydrogen-bond acceptors (Lipinski definition) is 5. The first-order valence-electron chi connectivity index (χ1n) is 16.1. The minimum Gasteiger partial charge on any atom is -0.461 e. The van der Waals surface area contributed by atoms with Crippen molar-refractivity contribution >= 4 is 50.6 Å². The minimum absolute atomic E-state index is 0.0511. The maximum absolute atomic E-state index is 10.5. The summed E-state index contributed by atoms with van der Waals surface area (Å²) in [5.74, 6) is 7.83. The van der Waals surface area contributed by atoms with E-state index in [0.29, 0.717) is 11.1 Å². The van der Waals surface area contributed by atoms with Crippen LogP contribution in [-0.4, -0.2) is 39.8 Å². The predicted octanol–water partition coefficient (Wildman–Crippen LogP) is 9.38. The van der Waals surface area contributed by atoms with Crippen molar-refractivity contribution in [2.45, 2.75) is 59.4 Å². The molecule has 0 fully saturated rings. The molecule has 8 heteroatoms. The highest BCUT2D eigenvalue weighted by atomic mass is 79.9. The fourth-order valence-corrected chi connectivity index (χ4v) is 4.16. The van der Waals surface area contributed by atoms with Gasteiger partial charge in [-0.2, -0.15) is 0 Å². The molecular formula is C44H47BrO5Si2. The quantitative estimate of drug-likeness (QED) is 0.0944. The van der Waals surface area contributed by atoms with Crippen LogP contribution in [0.3, 0.4) is 0 Å². The second kappa shape index (κ2) is 25.7. The lowest BCUT2D eigenvalue weighted by molar-refractivity contribution is -0.142. The highest BCUT2D eigenvalue weighted by Crippen LogP contribution is 2.09. The summed E-state index contributed by atoms with van der Waals surface area (Å²) in [7, 11) is -2.42. The molecule has 0 aliphatic carbocycles. The standard InChI is InChI=1S/C12H14OSi.C11H10O2.C9H8O.C7H5BrO.C5H10Si/c1-14(2,3)8-7-11-5-4-6-12(9-11)10-13;1-3-10-5-4-6-11(7-10)8-13-9(2)12;1-2-8-4-3-5-9(6-8)7-10;8-7-3-1-2-6(4-7)5-9;1-5-6(2,3)4/h4-6,9-10H,1-3H3;1,4-7H,8H2,2H3;1,3-6,10H,7H2;1-5H;1H,2-4H3. The van der Waals surface area contributed by atoms with E-state index in [1.165, 1.54) is 6.92 Å². The van der Waals surface area contributed by atoms with Crippen LogP contribution < -0.4 is 0 Å². The summed E-state index contributed by atoms with van der Waals surface area (Å²) in [6.45, 7) is 14.7. The van der Waals surface area contributed by atoms with E-state index in [4.69, 9.17) is 29.1 Å². The minimum atomic E-state index is -1.32. The van der Waals surface area contributed by atoms with E-state index in [-0.39, 0.29) is 19.2 Å². The number of esters is 1. The number of carbonyl (C=O) groups excluding carboxylic acids is 3. The van der Waals surface area contributed by atoms with Crippen molar-refractivity contribution in [1.82, 2.24) is 0 Å². The molecule has 0 spiro atoms. The number of carbonyl (C=O) groups is 3. The molecule has 0 heterocycles. The summed E-state index contributed by atoms with van der Waals surface area (Å²) in [5, 5.41) is 8.69. The van der Waals surface area contributed by atoms with Gasteiger partial charge in [0.25, 0.3) is 0 Å². The highest BCUT2D eigenvalue weighted by molar-refractivity contribution is 9.10. The SMILES string of the molecule is C#C[Si](C)(C)C.C#Cc1cccc(CO)c1.C#Cc1cccc(COC(C)=O)c1.C[Si](C)(C)C#Cc1cccc(C=O)c1.O=Cc1cccc(Br)c1. The summed E-state index contributed by atoms with van der Waals surface area (Å²) in [6.07, 6.45) is 17.1. The van der Waals surface area contributed by atoms with Gasteiger partial charge < -0.3 is 9.84 Å². The highest BCUT2D eigenvalue weighted by Gasteiger charge is 2.07. The number of terminal acetylenes is 3. The van der Waals surface area contributed by atoms with Crippen molar-refractivity contribution in [3.8, 4) is 48.1 Å². The third kappa shape index (κ3) is 24.9. The van der Waals surface area contributed by atoms with Crippen molar-refractivity contribution in [2.75, 3.05) is 0 Å². The maximum atomic E-state index is 10.5. The Hall–Kier alpha value is -5.20. The molecule has 4 rings (SSSR count). The lowest BCUT2D eigenvalue weighted by atomic mass is 10.1. The molecule has 268 valence electrons. The average molecular weight is 792 g/mol. The van der Waals surface area contributed by atoms with Crippen molar-refractivity contribution in [3.63, 3.8) is 0 Å². The summed E-state index contributed by atoms with van der Waals surface area (Å²) in [4.78, 5) is 31.2. The molecule has 0 bridgehead atoms. The molecule has 0 aliphatic heterocycles. The van der Waals surface area contributed by atoms with Gasteiger partial charge in [0, 0.05) is 39.2 Å². The Morgan fingerprint density at radius 1 is 0.712 bits per heavy atom. The third-order valence-corrected chi connectivity index (χ3v) is 8.07. The summed E-state index contributed by atoms with van der Waals surface area (Å²) < 4.78 is 5.76. The Morgan fingerprint density at radius 3 is 1.60 bits per heavy atom. The first kappa shape index (κ1) is 46.8. The summed E-state index contributed by atoms with van der Waals surface area (Å²) in [6, 6.07) is 29.3. The first-order valence-corrected chi connectivity index (χ1v) is 23.9. The molecule has 0 saturated heterocycles. The Balaban J connectivity index is 0.000000642. The van der Waals surface area contributed by atoms with E-state index in [1.54, 1.807) is 24.3 Å². The molecule has 0 saturated carbocycles. The van der Waals surface area contributed by atoms with Gasteiger partial charge in [-0.3, -0.25) is 14.4 Å². The van der Waals surface area contributed by atoms with Gasteiger partial charge in [-0.25, -0.2) is 0 Å². The molecule has 0 unspecified atom stereocenters. The van der Waals surface area contributed by atoms with E-state index in [1.807, 2.05) is 72.8 Å². The van der Waals surface area contributed by atoms with Gasteiger partial charge in [-0.05, 0) is 59.7 Å². The van der Waals surface area contributed by atoms with E-state index in [2.05, 4.69) is 84.1 Å². The number of aliphatic hydroxyl groups excluding tert-OH is 1. The van der Waals surface area contributed by atoms with Gasteiger partial charge in [-0.1, -0.05) is 122 Å². The molecule has 0 aromatic heterocycles. The van der Waals surface area contributed by atoms with Gasteiger partial charge in [0.15, 0.2) is 0 Å². The van der Waals surface area contributed by atoms with Gasteiger partial charge in [-0.15, -0.1) is 30.4 Å². The van der Waals surface area contributed by atoms with Crippen molar-refractivity contribution in [3.05, 3.63) is 140 Å². The molecule has 4 aromatic carbocycles. The van der Waals surface area contributed by atoms with E-state index >= 15 is 0 Å². The van der Waals surface area contributed by atoms with Gasteiger partial charge >= 0.3 is 5.97 Å². The van der Waals surface area contributed by atoms with Crippen LogP contribution in [0.15, 0.2) is 102 Å². The molecule has 0 radical (unpaired) electrons. The van der Waals surface area contributed by atoms with Crippen LogP contribution in [0.2, 0.25) is 39.3 Å². The second-order valence-electron chi connectivity index (χ2n) is 12.9. The normalized spacial score (nSPS) is 9.42. The molecule has 4 aromatic rings. The van der Waals surface area contributed by atoms with Gasteiger partial charge in [0.05, 0.1) is 6.61 Å². The van der Waals surface area contributed by atoms with Crippen LogP contribution in [0.25, 0.3) is 0 Å². The van der Waals surface area contributed by atoms with Crippen LogP contribution >= 0.6 is 15.9 Å². The van der Waals surface area contributed by atoms with E-state index in [0.717, 1.165) is 44.9 Å². The van der Waals surface area contributed by atoms with Crippen molar-refractivity contribution < 1.29 is 24.2 Å². The lowest BCUT2D eigenvalue weighted by Crippen LogP contribution is -2.16. The van der Waals surface area contributed by atoms with Crippen molar-refractivity contribution in [1.29, 1.82) is 0 Å². The molecule has 52 heavy (non-hydrogen) atoms. The zero-order valence-corrected chi connectivity index (χ0v) is 34.6. The topological polar surface area (TPSA) is 80.7 Å². The van der Waals surface area contributed by atoms with Gasteiger partial charge in [0.1, 0.15) is 35.3 Å². The average Bonchev–Trinajstić information content (AvgIpc) is 3.13. The zero-order chi connectivity index (χ0) is 39.6.